The Morgan fingerprint density at radius 3 is 3.00 bits per heavy atom. The SMILES string of the molecule is OC1CCCn2cc(C3CCCCN3)nc21. The van der Waals surface area contributed by atoms with E-state index in [-0.39, 0.29) is 6.10 Å². The normalized spacial score (nSPS) is 30.1. The van der Waals surface area contributed by atoms with Crippen molar-refractivity contribution in [3.8, 4) is 0 Å². The minimum atomic E-state index is -0.355. The van der Waals surface area contributed by atoms with Crippen molar-refractivity contribution in [2.45, 2.75) is 50.8 Å². The lowest BCUT2D eigenvalue weighted by Crippen LogP contribution is -2.27. The molecule has 2 aliphatic rings. The van der Waals surface area contributed by atoms with E-state index in [9.17, 15) is 5.11 Å². The van der Waals surface area contributed by atoms with Gasteiger partial charge in [0, 0.05) is 12.7 Å². The van der Waals surface area contributed by atoms with Gasteiger partial charge in [0.05, 0.1) is 11.7 Å². The van der Waals surface area contributed by atoms with E-state index in [1.807, 2.05) is 0 Å². The van der Waals surface area contributed by atoms with Crippen LogP contribution >= 0.6 is 0 Å². The molecule has 0 bridgehead atoms. The first kappa shape index (κ1) is 10.3. The van der Waals surface area contributed by atoms with Gasteiger partial charge in [0.2, 0.25) is 0 Å². The molecular weight excluding hydrogens is 202 g/mol. The van der Waals surface area contributed by atoms with Crippen LogP contribution in [0.4, 0.5) is 0 Å². The molecule has 3 heterocycles. The lowest BCUT2D eigenvalue weighted by atomic mass is 10.0. The maximum absolute atomic E-state index is 9.87. The number of hydrogen-bond acceptors (Lipinski definition) is 3. The van der Waals surface area contributed by atoms with E-state index < -0.39 is 0 Å². The van der Waals surface area contributed by atoms with Gasteiger partial charge in [0.25, 0.3) is 0 Å². The molecule has 2 aliphatic heterocycles. The summed E-state index contributed by atoms with van der Waals surface area (Å²) in [5, 5.41) is 13.4. The van der Waals surface area contributed by atoms with Crippen molar-refractivity contribution in [3.05, 3.63) is 17.7 Å². The van der Waals surface area contributed by atoms with Crippen LogP contribution in [0.2, 0.25) is 0 Å². The Balaban J connectivity index is 1.85. The zero-order chi connectivity index (χ0) is 11.0. The first-order valence-corrected chi connectivity index (χ1v) is 6.33. The first-order chi connectivity index (χ1) is 7.84. The molecule has 3 rings (SSSR count). The molecule has 0 spiro atoms. The molecule has 88 valence electrons. The van der Waals surface area contributed by atoms with Crippen LogP contribution in [-0.2, 0) is 6.54 Å². The average Bonchev–Trinajstić information content (AvgIpc) is 2.76. The van der Waals surface area contributed by atoms with Crippen molar-refractivity contribution < 1.29 is 5.11 Å². The molecule has 1 fully saturated rings. The third kappa shape index (κ3) is 1.76. The van der Waals surface area contributed by atoms with E-state index in [4.69, 9.17) is 0 Å². The average molecular weight is 221 g/mol. The Morgan fingerprint density at radius 1 is 1.31 bits per heavy atom. The number of aromatic nitrogens is 2. The smallest absolute Gasteiger partial charge is 0.138 e. The molecule has 16 heavy (non-hydrogen) atoms. The highest BCUT2D eigenvalue weighted by molar-refractivity contribution is 5.12. The van der Waals surface area contributed by atoms with Crippen molar-refractivity contribution >= 4 is 0 Å². The molecule has 4 nitrogen and oxygen atoms in total. The maximum Gasteiger partial charge on any atom is 0.138 e. The number of aliphatic hydroxyl groups excluding tert-OH is 1. The van der Waals surface area contributed by atoms with Gasteiger partial charge in [-0.05, 0) is 32.2 Å². The largest absolute Gasteiger partial charge is 0.385 e. The third-order valence-corrected chi connectivity index (χ3v) is 3.67. The van der Waals surface area contributed by atoms with Crippen LogP contribution in [0.3, 0.4) is 0 Å². The number of aliphatic hydroxyl groups is 1. The predicted molar refractivity (Wildman–Crippen MR) is 61.0 cm³/mol. The second kappa shape index (κ2) is 4.18. The Kier molecular flexibility index (Phi) is 2.69. The fourth-order valence-electron chi connectivity index (χ4n) is 2.75. The Labute approximate surface area is 95.7 Å². The van der Waals surface area contributed by atoms with E-state index >= 15 is 0 Å². The summed E-state index contributed by atoms with van der Waals surface area (Å²) < 4.78 is 2.12. The Morgan fingerprint density at radius 2 is 2.25 bits per heavy atom. The fraction of sp³-hybridized carbons (Fsp3) is 0.750. The van der Waals surface area contributed by atoms with E-state index in [0.29, 0.717) is 6.04 Å². The first-order valence-electron chi connectivity index (χ1n) is 6.33. The topological polar surface area (TPSA) is 50.1 Å². The number of fused-ring (bicyclic) bond motifs is 1. The molecule has 0 radical (unpaired) electrons. The lowest BCUT2D eigenvalue weighted by Gasteiger charge is -2.21. The Hall–Kier alpha value is -0.870. The Bertz CT molecular complexity index is 368. The number of piperidine rings is 1. The van der Waals surface area contributed by atoms with E-state index in [2.05, 4.69) is 21.1 Å². The van der Waals surface area contributed by atoms with Crippen LogP contribution in [0.25, 0.3) is 0 Å². The highest BCUT2D eigenvalue weighted by atomic mass is 16.3. The molecular formula is C12H19N3O. The zero-order valence-corrected chi connectivity index (χ0v) is 9.52. The van der Waals surface area contributed by atoms with Crippen molar-refractivity contribution in [2.75, 3.05) is 6.54 Å². The van der Waals surface area contributed by atoms with Gasteiger partial charge in [-0.25, -0.2) is 4.98 Å². The van der Waals surface area contributed by atoms with Gasteiger partial charge in [0.1, 0.15) is 11.9 Å². The predicted octanol–water partition coefficient (Wildman–Crippen LogP) is 1.52. The molecule has 1 aromatic rings. The standard InChI is InChI=1S/C12H19N3O/c16-11-5-3-7-15-8-10(14-12(11)15)9-4-1-2-6-13-9/h8-9,11,13,16H,1-7H2. The highest BCUT2D eigenvalue weighted by Gasteiger charge is 2.24. The molecule has 2 N–H and O–H groups in total. The van der Waals surface area contributed by atoms with Gasteiger partial charge in [0.15, 0.2) is 0 Å². The van der Waals surface area contributed by atoms with Crippen LogP contribution in [-0.4, -0.2) is 21.2 Å². The molecule has 2 atom stereocenters. The van der Waals surface area contributed by atoms with Crippen molar-refractivity contribution in [1.82, 2.24) is 14.9 Å². The summed E-state index contributed by atoms with van der Waals surface area (Å²) in [6, 6.07) is 0.402. The summed E-state index contributed by atoms with van der Waals surface area (Å²) in [4.78, 5) is 4.61. The summed E-state index contributed by atoms with van der Waals surface area (Å²) in [6.45, 7) is 2.10. The minimum Gasteiger partial charge on any atom is -0.385 e. The number of nitrogens with zero attached hydrogens (tertiary/aromatic N) is 2. The summed E-state index contributed by atoms with van der Waals surface area (Å²) >= 11 is 0. The van der Waals surface area contributed by atoms with Gasteiger partial charge in [-0.2, -0.15) is 0 Å². The minimum absolute atomic E-state index is 0.355. The second-order valence-electron chi connectivity index (χ2n) is 4.88. The van der Waals surface area contributed by atoms with Gasteiger partial charge in [-0.15, -0.1) is 0 Å². The van der Waals surface area contributed by atoms with E-state index in [1.54, 1.807) is 0 Å². The number of nitrogens with one attached hydrogen (secondary N) is 1. The zero-order valence-electron chi connectivity index (χ0n) is 9.52. The highest BCUT2D eigenvalue weighted by Crippen LogP contribution is 2.28. The van der Waals surface area contributed by atoms with Crippen LogP contribution in [0.1, 0.15) is 55.8 Å². The van der Waals surface area contributed by atoms with Crippen LogP contribution < -0.4 is 5.32 Å². The molecule has 0 amide bonds. The van der Waals surface area contributed by atoms with Gasteiger partial charge >= 0.3 is 0 Å². The summed E-state index contributed by atoms with van der Waals surface area (Å²) in [5.74, 6) is 0.869. The van der Waals surface area contributed by atoms with Gasteiger partial charge in [-0.1, -0.05) is 6.42 Å². The van der Waals surface area contributed by atoms with E-state index in [0.717, 1.165) is 37.4 Å². The van der Waals surface area contributed by atoms with Crippen LogP contribution in [0, 0.1) is 0 Å². The van der Waals surface area contributed by atoms with Crippen LogP contribution in [0.15, 0.2) is 6.20 Å². The van der Waals surface area contributed by atoms with Gasteiger partial charge < -0.3 is 15.0 Å². The van der Waals surface area contributed by atoms with Gasteiger partial charge in [-0.3, -0.25) is 0 Å². The fourth-order valence-corrected chi connectivity index (χ4v) is 2.75. The molecule has 0 aromatic carbocycles. The third-order valence-electron chi connectivity index (χ3n) is 3.67. The van der Waals surface area contributed by atoms with E-state index in [1.165, 1.54) is 19.3 Å². The molecule has 1 saturated heterocycles. The monoisotopic (exact) mass is 221 g/mol. The summed E-state index contributed by atoms with van der Waals surface area (Å²) in [7, 11) is 0. The maximum atomic E-state index is 9.87. The molecule has 4 heteroatoms. The molecule has 1 aromatic heterocycles. The number of aryl methyl sites for hydroxylation is 1. The number of hydrogen-bond donors (Lipinski definition) is 2. The van der Waals surface area contributed by atoms with Crippen molar-refractivity contribution in [2.24, 2.45) is 0 Å². The second-order valence-corrected chi connectivity index (χ2v) is 4.88. The summed E-state index contributed by atoms with van der Waals surface area (Å²) in [6.07, 6.45) is 7.41. The quantitative estimate of drug-likeness (QED) is 0.756. The summed E-state index contributed by atoms with van der Waals surface area (Å²) in [5.41, 5.74) is 1.12. The molecule has 0 aliphatic carbocycles. The lowest BCUT2D eigenvalue weighted by molar-refractivity contribution is 0.133. The van der Waals surface area contributed by atoms with Crippen molar-refractivity contribution in [3.63, 3.8) is 0 Å². The van der Waals surface area contributed by atoms with Crippen LogP contribution in [0.5, 0.6) is 0 Å². The van der Waals surface area contributed by atoms with Crippen molar-refractivity contribution in [1.29, 1.82) is 0 Å². The molecule has 2 unspecified atom stereocenters. The molecule has 0 saturated carbocycles. The number of rotatable bonds is 1. The number of imidazole rings is 1.